The lowest BCUT2D eigenvalue weighted by Gasteiger charge is -2.22. The SMILES string of the molecule is C=CCNC(C)(C#N)CCc1ccccc1. The molecule has 1 unspecified atom stereocenters. The van der Waals surface area contributed by atoms with E-state index in [2.05, 4.69) is 30.1 Å². The summed E-state index contributed by atoms with van der Waals surface area (Å²) in [6.45, 7) is 6.24. The Morgan fingerprint density at radius 1 is 1.44 bits per heavy atom. The molecule has 1 aromatic carbocycles. The Bertz CT molecular complexity index is 364. The van der Waals surface area contributed by atoms with Crippen LogP contribution in [0.5, 0.6) is 0 Å². The highest BCUT2D eigenvalue weighted by Crippen LogP contribution is 2.13. The Labute approximate surface area is 97.6 Å². The van der Waals surface area contributed by atoms with Crippen LogP contribution in [0.2, 0.25) is 0 Å². The average molecular weight is 214 g/mol. The standard InChI is InChI=1S/C14H18N2/c1-3-11-16-14(2,12-15)10-9-13-7-5-4-6-8-13/h3-8,16H,1,9-11H2,2H3. The first kappa shape index (κ1) is 12.5. The topological polar surface area (TPSA) is 35.8 Å². The highest BCUT2D eigenvalue weighted by molar-refractivity contribution is 5.16. The van der Waals surface area contributed by atoms with E-state index in [1.807, 2.05) is 25.1 Å². The molecule has 0 heterocycles. The van der Waals surface area contributed by atoms with Crippen LogP contribution in [0.15, 0.2) is 43.0 Å². The quantitative estimate of drug-likeness (QED) is 0.739. The summed E-state index contributed by atoms with van der Waals surface area (Å²) in [4.78, 5) is 0. The molecule has 1 atom stereocenters. The van der Waals surface area contributed by atoms with Gasteiger partial charge in [0.05, 0.1) is 6.07 Å². The molecular weight excluding hydrogens is 196 g/mol. The third-order valence-electron chi connectivity index (χ3n) is 2.64. The molecule has 1 N–H and O–H groups in total. The van der Waals surface area contributed by atoms with Crippen molar-refractivity contribution in [2.24, 2.45) is 0 Å². The van der Waals surface area contributed by atoms with E-state index in [4.69, 9.17) is 5.26 Å². The van der Waals surface area contributed by atoms with Gasteiger partial charge in [-0.2, -0.15) is 5.26 Å². The van der Waals surface area contributed by atoms with Crippen LogP contribution in [-0.4, -0.2) is 12.1 Å². The van der Waals surface area contributed by atoms with Crippen molar-refractivity contribution in [2.75, 3.05) is 6.54 Å². The number of hydrogen-bond acceptors (Lipinski definition) is 2. The fourth-order valence-electron chi connectivity index (χ4n) is 1.52. The van der Waals surface area contributed by atoms with Gasteiger partial charge in [0.1, 0.15) is 5.54 Å². The highest BCUT2D eigenvalue weighted by Gasteiger charge is 2.21. The first-order chi connectivity index (χ1) is 7.70. The van der Waals surface area contributed by atoms with Crippen LogP contribution in [0.3, 0.4) is 0 Å². The molecule has 0 aliphatic carbocycles. The van der Waals surface area contributed by atoms with Crippen molar-refractivity contribution in [1.82, 2.24) is 5.32 Å². The maximum atomic E-state index is 9.14. The molecule has 0 saturated carbocycles. The van der Waals surface area contributed by atoms with Gasteiger partial charge in [0.15, 0.2) is 0 Å². The van der Waals surface area contributed by atoms with Crippen molar-refractivity contribution in [1.29, 1.82) is 5.26 Å². The van der Waals surface area contributed by atoms with Gasteiger partial charge in [0, 0.05) is 6.54 Å². The summed E-state index contributed by atoms with van der Waals surface area (Å²) in [7, 11) is 0. The van der Waals surface area contributed by atoms with E-state index in [0.717, 1.165) is 12.8 Å². The first-order valence-corrected chi connectivity index (χ1v) is 5.51. The van der Waals surface area contributed by atoms with Crippen LogP contribution in [0, 0.1) is 11.3 Å². The number of nitrogens with zero attached hydrogens (tertiary/aromatic N) is 1. The molecule has 0 amide bonds. The van der Waals surface area contributed by atoms with Crippen LogP contribution in [0.25, 0.3) is 0 Å². The Kier molecular flexibility index (Phi) is 4.75. The molecule has 0 aliphatic rings. The van der Waals surface area contributed by atoms with Crippen molar-refractivity contribution in [2.45, 2.75) is 25.3 Å². The number of hydrogen-bond donors (Lipinski definition) is 1. The van der Waals surface area contributed by atoms with Gasteiger partial charge in [-0.05, 0) is 25.3 Å². The number of aryl methyl sites for hydroxylation is 1. The lowest BCUT2D eigenvalue weighted by molar-refractivity contribution is 0.438. The summed E-state index contributed by atoms with van der Waals surface area (Å²) >= 11 is 0. The van der Waals surface area contributed by atoms with E-state index in [1.54, 1.807) is 6.08 Å². The van der Waals surface area contributed by atoms with E-state index in [-0.39, 0.29) is 0 Å². The number of nitrogens with one attached hydrogen (secondary N) is 1. The summed E-state index contributed by atoms with van der Waals surface area (Å²) in [5.41, 5.74) is 0.800. The van der Waals surface area contributed by atoms with Gasteiger partial charge in [0.25, 0.3) is 0 Å². The summed E-state index contributed by atoms with van der Waals surface area (Å²) in [5, 5.41) is 12.3. The minimum atomic E-state index is -0.468. The van der Waals surface area contributed by atoms with Gasteiger partial charge < -0.3 is 0 Å². The monoisotopic (exact) mass is 214 g/mol. The molecule has 0 saturated heterocycles. The van der Waals surface area contributed by atoms with Crippen LogP contribution in [0.4, 0.5) is 0 Å². The molecule has 84 valence electrons. The van der Waals surface area contributed by atoms with Crippen LogP contribution >= 0.6 is 0 Å². The van der Waals surface area contributed by atoms with E-state index in [0.29, 0.717) is 6.54 Å². The molecule has 2 nitrogen and oxygen atoms in total. The number of benzene rings is 1. The fourth-order valence-corrected chi connectivity index (χ4v) is 1.52. The van der Waals surface area contributed by atoms with Gasteiger partial charge in [0.2, 0.25) is 0 Å². The Hall–Kier alpha value is -1.59. The molecule has 0 aliphatic heterocycles. The van der Waals surface area contributed by atoms with Crippen molar-refractivity contribution >= 4 is 0 Å². The molecule has 0 bridgehead atoms. The summed E-state index contributed by atoms with van der Waals surface area (Å²) < 4.78 is 0. The third-order valence-corrected chi connectivity index (χ3v) is 2.64. The zero-order valence-corrected chi connectivity index (χ0v) is 9.74. The predicted octanol–water partition coefficient (Wildman–Crippen LogP) is 2.68. The van der Waals surface area contributed by atoms with E-state index < -0.39 is 5.54 Å². The molecule has 2 heteroatoms. The average Bonchev–Trinajstić information content (AvgIpc) is 2.35. The van der Waals surface area contributed by atoms with Gasteiger partial charge in [-0.15, -0.1) is 6.58 Å². The maximum absolute atomic E-state index is 9.14. The van der Waals surface area contributed by atoms with Crippen molar-refractivity contribution in [3.63, 3.8) is 0 Å². The molecule has 16 heavy (non-hydrogen) atoms. The van der Waals surface area contributed by atoms with Crippen LogP contribution in [-0.2, 0) is 6.42 Å². The minimum absolute atomic E-state index is 0.468. The van der Waals surface area contributed by atoms with Crippen molar-refractivity contribution < 1.29 is 0 Å². The van der Waals surface area contributed by atoms with Crippen LogP contribution in [0.1, 0.15) is 18.9 Å². The Balaban J connectivity index is 2.52. The molecule has 0 aromatic heterocycles. The fraction of sp³-hybridized carbons (Fsp3) is 0.357. The van der Waals surface area contributed by atoms with E-state index >= 15 is 0 Å². The predicted molar refractivity (Wildman–Crippen MR) is 67.0 cm³/mol. The summed E-state index contributed by atoms with van der Waals surface area (Å²) in [6, 6.07) is 12.6. The second-order valence-corrected chi connectivity index (χ2v) is 4.10. The highest BCUT2D eigenvalue weighted by atomic mass is 14.9. The zero-order valence-electron chi connectivity index (χ0n) is 9.74. The zero-order chi connectivity index (χ0) is 11.9. The molecule has 0 radical (unpaired) electrons. The Morgan fingerprint density at radius 3 is 2.69 bits per heavy atom. The van der Waals surface area contributed by atoms with Gasteiger partial charge >= 0.3 is 0 Å². The van der Waals surface area contributed by atoms with Gasteiger partial charge in [-0.25, -0.2) is 0 Å². The third kappa shape index (κ3) is 3.88. The summed E-state index contributed by atoms with van der Waals surface area (Å²) in [6.07, 6.45) is 3.49. The summed E-state index contributed by atoms with van der Waals surface area (Å²) in [5.74, 6) is 0. The smallest absolute Gasteiger partial charge is 0.104 e. The minimum Gasteiger partial charge on any atom is -0.296 e. The number of rotatable bonds is 6. The molecule has 1 rings (SSSR count). The van der Waals surface area contributed by atoms with Gasteiger partial charge in [-0.1, -0.05) is 36.4 Å². The van der Waals surface area contributed by atoms with Crippen molar-refractivity contribution in [3.8, 4) is 6.07 Å². The second kappa shape index (κ2) is 6.09. The molecule has 0 spiro atoms. The largest absolute Gasteiger partial charge is 0.296 e. The molecule has 1 aromatic rings. The second-order valence-electron chi connectivity index (χ2n) is 4.10. The number of nitriles is 1. The normalized spacial score (nSPS) is 13.8. The lowest BCUT2D eigenvalue weighted by Crippen LogP contribution is -2.41. The first-order valence-electron chi connectivity index (χ1n) is 5.51. The van der Waals surface area contributed by atoms with E-state index in [9.17, 15) is 0 Å². The lowest BCUT2D eigenvalue weighted by atomic mass is 9.94. The molecular formula is C14H18N2. The Morgan fingerprint density at radius 2 is 2.12 bits per heavy atom. The van der Waals surface area contributed by atoms with Gasteiger partial charge in [-0.3, -0.25) is 5.32 Å². The van der Waals surface area contributed by atoms with Crippen molar-refractivity contribution in [3.05, 3.63) is 48.6 Å². The molecule has 0 fully saturated rings. The maximum Gasteiger partial charge on any atom is 0.104 e. The van der Waals surface area contributed by atoms with Crippen LogP contribution < -0.4 is 5.32 Å². The van der Waals surface area contributed by atoms with E-state index in [1.165, 1.54) is 5.56 Å².